The Bertz CT molecular complexity index is 4540. The number of non-ortho nitro benzene ring substituents is 3. The topological polar surface area (TPSA) is 348 Å². The fraction of sp³-hybridized carbons (Fsp3) is 0.197. The second-order valence-electron chi connectivity index (χ2n) is 20.4. The van der Waals surface area contributed by atoms with Crippen molar-refractivity contribution in [1.82, 2.24) is 24.9 Å². The number of fused-ring (bicyclic) bond motifs is 5. The number of nitro benzene ring substituents is 3. The van der Waals surface area contributed by atoms with Crippen LogP contribution in [0.1, 0.15) is 91.1 Å². The molecule has 0 amide bonds. The van der Waals surface area contributed by atoms with Gasteiger partial charge in [-0.3, -0.25) is 30.3 Å². The van der Waals surface area contributed by atoms with Gasteiger partial charge in [0.25, 0.3) is 17.1 Å². The molecule has 0 saturated carbocycles. The zero-order chi connectivity index (χ0) is 67.3. The molecule has 13 aromatic rings. The second kappa shape index (κ2) is 40.7. The first kappa shape index (κ1) is 82.3. The molecule has 22 nitrogen and oxygen atoms in total. The van der Waals surface area contributed by atoms with Gasteiger partial charge in [0, 0.05) is 41.1 Å². The Kier molecular flexibility index (Phi) is 34.2. The van der Waals surface area contributed by atoms with Gasteiger partial charge in [-0.15, -0.1) is 0 Å². The predicted molar refractivity (Wildman–Crippen MR) is 419 cm³/mol. The van der Waals surface area contributed by atoms with E-state index in [1.807, 2.05) is 73.7 Å². The van der Waals surface area contributed by atoms with E-state index in [1.54, 1.807) is 59.1 Å². The van der Waals surface area contributed by atoms with E-state index in [-0.39, 0.29) is 68.3 Å². The van der Waals surface area contributed by atoms with Crippen LogP contribution in [0.4, 0.5) is 49.0 Å². The first-order chi connectivity index (χ1) is 45.4. The summed E-state index contributed by atoms with van der Waals surface area (Å²) in [4.78, 5) is 55.1. The molecule has 0 bridgehead atoms. The number of anilines is 6. The molecule has 0 aliphatic heterocycles. The third-order valence-corrected chi connectivity index (χ3v) is 19.1. The van der Waals surface area contributed by atoms with E-state index >= 15 is 0 Å². The summed E-state index contributed by atoms with van der Waals surface area (Å²) in [7, 11) is 9.87. The third kappa shape index (κ3) is 22.4. The van der Waals surface area contributed by atoms with Gasteiger partial charge in [0.15, 0.2) is 25.0 Å². The van der Waals surface area contributed by atoms with Crippen molar-refractivity contribution in [3.05, 3.63) is 233 Å². The van der Waals surface area contributed by atoms with E-state index in [4.69, 9.17) is 45.9 Å². The minimum absolute atomic E-state index is 0. The number of nitrogens with one attached hydrogen (secondary N) is 3. The Morgan fingerprint density at radius 2 is 0.786 bits per heavy atom. The van der Waals surface area contributed by atoms with Gasteiger partial charge in [0.05, 0.1) is 81.3 Å². The number of nitrogens with two attached hydrogens (primary N) is 2. The number of nitro groups is 3. The minimum atomic E-state index is -0.826. The molecule has 513 valence electrons. The number of hydrogen-bond donors (Lipinski definition) is 5. The average molecular weight is 1590 g/mol. The molecule has 98 heavy (non-hydrogen) atoms. The van der Waals surface area contributed by atoms with Crippen molar-refractivity contribution in [2.45, 2.75) is 73.0 Å². The van der Waals surface area contributed by atoms with Gasteiger partial charge in [-0.2, -0.15) is 0 Å². The van der Waals surface area contributed by atoms with Crippen molar-refractivity contribution in [2.24, 2.45) is 0 Å². The molecule has 8 aromatic carbocycles. The maximum absolute atomic E-state index is 11.0. The van der Waals surface area contributed by atoms with Crippen molar-refractivity contribution in [2.75, 3.05) is 45.4 Å². The van der Waals surface area contributed by atoms with E-state index in [9.17, 15) is 30.3 Å². The Labute approximate surface area is 612 Å². The van der Waals surface area contributed by atoms with Crippen molar-refractivity contribution < 1.29 is 27.1 Å². The van der Waals surface area contributed by atoms with Gasteiger partial charge < -0.3 is 43.3 Å². The summed E-state index contributed by atoms with van der Waals surface area (Å²) in [6, 6.07) is 58.1. The SMILES string of the molecule is C.CC(Nc1nc2cccc(N)c2s1)c1ccccc1.CC(Nc1nc2cccc([N+](=O)[O-])c2s1)c1ccccc1.CCCN(CCC)c1cccc2nc(NC(C)c3ccccc3)sc12.Nc1nc2cccc([N+](=O)[O-])c2s1.O.O.O=[N+]([O-])c1cccc2nc(Cl)sc12.[2HH].[B].[Cl][Sn][Cl]. The molecule has 32 heteroatoms. The first-order valence-corrected chi connectivity index (χ1v) is 40.8. The Balaban J connectivity index is 0.000000320. The van der Waals surface area contributed by atoms with Crippen molar-refractivity contribution in [1.29, 1.82) is 0 Å². The van der Waals surface area contributed by atoms with E-state index in [0.29, 0.717) is 45.4 Å². The van der Waals surface area contributed by atoms with Crippen molar-refractivity contribution in [3.8, 4) is 0 Å². The summed E-state index contributed by atoms with van der Waals surface area (Å²) < 4.78 is 4.31. The van der Waals surface area contributed by atoms with Crippen LogP contribution < -0.4 is 32.3 Å². The normalized spacial score (nSPS) is 11.1. The van der Waals surface area contributed by atoms with Crippen LogP contribution >= 0.6 is 86.1 Å². The molecule has 0 aliphatic rings. The number of rotatable bonds is 17. The molecule has 13 rings (SSSR count). The van der Waals surface area contributed by atoms with E-state index in [0.717, 1.165) is 85.9 Å². The number of hydrogen-bond acceptors (Lipinski definition) is 22. The quantitative estimate of drug-likeness (QED) is 0.0245. The molecule has 0 aliphatic carbocycles. The van der Waals surface area contributed by atoms with E-state index < -0.39 is 28.7 Å². The average Bonchev–Trinajstić information content (AvgIpc) is 1.70. The Hall–Kier alpha value is -8.14. The molecule has 3 atom stereocenters. The zero-order valence-corrected chi connectivity index (χ0v) is 62.0. The van der Waals surface area contributed by atoms with Gasteiger partial charge in [-0.05, 0) is 92.8 Å². The molecule has 3 unspecified atom stereocenters. The molecule has 0 saturated heterocycles. The summed E-state index contributed by atoms with van der Waals surface area (Å²) in [5.74, 6) is 0. The molecule has 5 aromatic heterocycles. The first-order valence-electron chi connectivity index (χ1n) is 29.1. The summed E-state index contributed by atoms with van der Waals surface area (Å²) >= 11 is 11.7. The van der Waals surface area contributed by atoms with E-state index in [1.165, 1.54) is 51.1 Å². The van der Waals surface area contributed by atoms with Crippen LogP contribution in [-0.4, -0.2) is 91.0 Å². The fourth-order valence-electron chi connectivity index (χ4n) is 9.49. The standard InChI is InChI=1S/C21H27N3S.C15H13N3O2S.C15H15N3S.C7H3ClN2O2S.C7H5N3O2S.CH4.B.2ClH.2H2O.Sn.H2/c1-4-14-24(15-5-2)19-13-9-12-18-20(19)25-21(23-18)22-16(3)17-10-7-6-8-11-17;1-10(11-6-3-2-4-7-11)16-15-17-12-8-5-9-13(18(19)20)14(12)21-15;1-10(11-6-3-2-4-7-11)17-15-18-13-9-5-8-12(16)14(13)19-15;2*8-7-9-4-2-1-3-5(10(11)12)6(4)13-7;;;;;;;;/h6-13,16H,4-5,14-15H2,1-3H3,(H,22,23);2-10H,1H3,(H,16,17);2-10H,16H2,1H3,(H,17,18);1-3H;1-3H,(H2,8,9);1H4;;2*1H;2*1H2;;1H/q;;;;;;;;;;;+2;/p-2/i;;;;;;;;;;;;1+1. The molecular formula is C66H73BCl3N14O8S5Sn. The van der Waals surface area contributed by atoms with E-state index in [2.05, 4.69) is 129 Å². The van der Waals surface area contributed by atoms with Crippen LogP contribution in [0.3, 0.4) is 0 Å². The number of benzene rings is 8. The maximum atomic E-state index is 11.0. The summed E-state index contributed by atoms with van der Waals surface area (Å²) in [5, 5.41) is 45.4. The van der Waals surface area contributed by atoms with Gasteiger partial charge in [-0.25, -0.2) is 24.9 Å². The van der Waals surface area contributed by atoms with Gasteiger partial charge in [0.1, 0.15) is 14.1 Å². The van der Waals surface area contributed by atoms with Crippen LogP contribution in [-0.2, 0) is 0 Å². The third-order valence-electron chi connectivity index (χ3n) is 13.8. The van der Waals surface area contributed by atoms with Crippen LogP contribution in [0.25, 0.3) is 51.1 Å². The van der Waals surface area contributed by atoms with Crippen LogP contribution in [0.5, 0.6) is 0 Å². The summed E-state index contributed by atoms with van der Waals surface area (Å²) in [6.07, 6.45) is 2.32. The van der Waals surface area contributed by atoms with Gasteiger partial charge >= 0.3 is 36.7 Å². The number of aromatic nitrogens is 5. The fourth-order valence-corrected chi connectivity index (χ4v) is 14.5. The number of thiazole rings is 5. The molecule has 0 fully saturated rings. The monoisotopic (exact) mass is 1590 g/mol. The van der Waals surface area contributed by atoms with Crippen LogP contribution in [0.2, 0.25) is 4.47 Å². The summed E-state index contributed by atoms with van der Waals surface area (Å²) in [5.41, 5.74) is 21.2. The number of halogens is 3. The zero-order valence-electron chi connectivity index (χ0n) is 52.8. The number of nitrogens with zero attached hydrogens (tertiary/aromatic N) is 9. The molecule has 11 N–H and O–H groups in total. The second-order valence-corrected chi connectivity index (χ2v) is 30.3. The molecule has 5 radical (unpaired) electrons. The molecule has 0 spiro atoms. The van der Waals surface area contributed by atoms with Crippen LogP contribution in [0, 0.1) is 30.3 Å². The number of nitrogen functional groups attached to an aromatic ring is 2. The predicted octanol–water partition coefficient (Wildman–Crippen LogP) is 19.0. The Morgan fingerprint density at radius 3 is 1.17 bits per heavy atom. The Morgan fingerprint density at radius 1 is 0.469 bits per heavy atom. The van der Waals surface area contributed by atoms with Gasteiger partial charge in [0.2, 0.25) is 0 Å². The molecular weight excluding hydrogens is 1510 g/mol. The van der Waals surface area contributed by atoms with Crippen molar-refractivity contribution >= 4 is 213 Å². The van der Waals surface area contributed by atoms with Crippen molar-refractivity contribution in [3.63, 3.8) is 0 Å². The van der Waals surface area contributed by atoms with Gasteiger partial charge in [-0.1, -0.05) is 211 Å². The summed E-state index contributed by atoms with van der Waals surface area (Å²) in [6.45, 7) is 13.0. The molecule has 5 heterocycles. The van der Waals surface area contributed by atoms with Crippen LogP contribution in [0.15, 0.2) is 182 Å².